The van der Waals surface area contributed by atoms with E-state index in [1.165, 1.54) is 5.56 Å². The van der Waals surface area contributed by atoms with Crippen molar-refractivity contribution in [2.45, 2.75) is 70.8 Å². The number of hydrogen-bond donors (Lipinski definition) is 2. The van der Waals surface area contributed by atoms with Crippen LogP contribution in [0.15, 0.2) is 35.3 Å². The summed E-state index contributed by atoms with van der Waals surface area (Å²) in [5, 5.41) is 6.67. The van der Waals surface area contributed by atoms with Crippen molar-refractivity contribution in [2.75, 3.05) is 19.6 Å². The third kappa shape index (κ3) is 10.5. The van der Waals surface area contributed by atoms with E-state index in [9.17, 15) is 13.2 Å². The predicted molar refractivity (Wildman–Crippen MR) is 124 cm³/mol. The Kier molecular flexibility index (Phi) is 11.9. The maximum Gasteiger partial charge on any atom is 0.389 e. The van der Waals surface area contributed by atoms with Gasteiger partial charge in [-0.25, -0.2) is 0 Å². The third-order valence-corrected chi connectivity index (χ3v) is 5.07. The van der Waals surface area contributed by atoms with Gasteiger partial charge in [0.25, 0.3) is 0 Å². The van der Waals surface area contributed by atoms with Crippen molar-refractivity contribution in [1.29, 1.82) is 0 Å². The lowest BCUT2D eigenvalue weighted by Gasteiger charge is -2.38. The summed E-state index contributed by atoms with van der Waals surface area (Å²) in [7, 11) is 0. The molecule has 0 saturated carbocycles. The second-order valence-corrected chi connectivity index (χ2v) is 7.50. The number of halogens is 4. The van der Waals surface area contributed by atoms with Crippen LogP contribution in [0.3, 0.4) is 0 Å². The van der Waals surface area contributed by atoms with Gasteiger partial charge in [0.05, 0.1) is 0 Å². The lowest BCUT2D eigenvalue weighted by molar-refractivity contribution is -0.135. The van der Waals surface area contributed by atoms with Crippen LogP contribution in [-0.2, 0) is 6.54 Å². The number of piperidine rings is 1. The molecule has 0 radical (unpaired) electrons. The number of likely N-dealkylation sites (tertiary alicyclic amines) is 1. The van der Waals surface area contributed by atoms with Gasteiger partial charge in [-0.1, -0.05) is 30.3 Å². The first-order chi connectivity index (χ1) is 13.4. The molecule has 2 N–H and O–H groups in total. The molecule has 0 aromatic heterocycles. The fourth-order valence-electron chi connectivity index (χ4n) is 3.55. The molecule has 2 atom stereocenters. The molecule has 1 aromatic carbocycles. The number of rotatable bonds is 8. The molecule has 0 spiro atoms. The molecule has 8 heteroatoms. The topological polar surface area (TPSA) is 39.7 Å². The zero-order valence-electron chi connectivity index (χ0n) is 17.3. The summed E-state index contributed by atoms with van der Waals surface area (Å²) in [5.74, 6) is 0.711. The Balaban J connectivity index is 0.00000420. The highest BCUT2D eigenvalue weighted by atomic mass is 127. The summed E-state index contributed by atoms with van der Waals surface area (Å²) in [4.78, 5) is 6.95. The van der Waals surface area contributed by atoms with E-state index in [0.29, 0.717) is 31.0 Å². The van der Waals surface area contributed by atoms with Gasteiger partial charge >= 0.3 is 6.18 Å². The fourth-order valence-corrected chi connectivity index (χ4v) is 3.55. The van der Waals surface area contributed by atoms with Crippen LogP contribution >= 0.6 is 24.0 Å². The van der Waals surface area contributed by atoms with Crippen LogP contribution in [0.5, 0.6) is 0 Å². The Bertz CT molecular complexity index is 595. The number of benzene rings is 1. The van der Waals surface area contributed by atoms with Gasteiger partial charge in [0.1, 0.15) is 0 Å². The summed E-state index contributed by atoms with van der Waals surface area (Å²) in [6, 6.07) is 11.3. The smallest absolute Gasteiger partial charge is 0.357 e. The van der Waals surface area contributed by atoms with Gasteiger partial charge in [0.2, 0.25) is 0 Å². The first-order valence-electron chi connectivity index (χ1n) is 10.3. The number of alkyl halides is 3. The van der Waals surface area contributed by atoms with Crippen molar-refractivity contribution in [3.05, 3.63) is 35.9 Å². The Labute approximate surface area is 189 Å². The average Bonchev–Trinajstić information content (AvgIpc) is 2.64. The van der Waals surface area contributed by atoms with Crippen molar-refractivity contribution in [3.8, 4) is 0 Å². The maximum absolute atomic E-state index is 12.2. The van der Waals surface area contributed by atoms with Gasteiger partial charge in [-0.05, 0) is 45.1 Å². The van der Waals surface area contributed by atoms with E-state index in [2.05, 4.69) is 51.7 Å². The SMILES string of the molecule is CCNC(=NCCCCC(F)(F)F)NC1CCN(Cc2ccccc2)C(C)C1.I. The monoisotopic (exact) mass is 526 g/mol. The summed E-state index contributed by atoms with van der Waals surface area (Å²) in [5.41, 5.74) is 1.33. The quantitative estimate of drug-likeness (QED) is 0.218. The highest BCUT2D eigenvalue weighted by Gasteiger charge is 2.27. The van der Waals surface area contributed by atoms with E-state index in [4.69, 9.17) is 0 Å². The molecule has 1 aliphatic rings. The van der Waals surface area contributed by atoms with E-state index < -0.39 is 12.6 Å². The summed E-state index contributed by atoms with van der Waals surface area (Å²) < 4.78 is 36.6. The fraction of sp³-hybridized carbons (Fsp3) is 0.667. The molecular weight excluding hydrogens is 492 g/mol. The van der Waals surface area contributed by atoms with Gasteiger partial charge in [0.15, 0.2) is 5.96 Å². The molecule has 2 rings (SSSR count). The van der Waals surface area contributed by atoms with Gasteiger partial charge in [-0.3, -0.25) is 9.89 Å². The minimum Gasteiger partial charge on any atom is -0.357 e. The molecule has 166 valence electrons. The lowest BCUT2D eigenvalue weighted by atomic mass is 9.97. The Morgan fingerprint density at radius 1 is 1.21 bits per heavy atom. The Morgan fingerprint density at radius 2 is 1.93 bits per heavy atom. The number of unbranched alkanes of at least 4 members (excludes halogenated alkanes) is 1. The van der Waals surface area contributed by atoms with Crippen molar-refractivity contribution >= 4 is 29.9 Å². The largest absolute Gasteiger partial charge is 0.389 e. The second kappa shape index (κ2) is 13.3. The van der Waals surface area contributed by atoms with E-state index in [0.717, 1.165) is 32.5 Å². The molecule has 0 amide bonds. The number of guanidine groups is 1. The van der Waals surface area contributed by atoms with Crippen LogP contribution in [0.4, 0.5) is 13.2 Å². The minimum absolute atomic E-state index is 0. The Morgan fingerprint density at radius 3 is 2.55 bits per heavy atom. The molecule has 0 aliphatic carbocycles. The lowest BCUT2D eigenvalue weighted by Crippen LogP contribution is -2.51. The van der Waals surface area contributed by atoms with E-state index >= 15 is 0 Å². The van der Waals surface area contributed by atoms with Gasteiger partial charge in [-0.2, -0.15) is 13.2 Å². The normalized spacial score (nSPS) is 20.8. The number of nitrogens with one attached hydrogen (secondary N) is 2. The number of aliphatic imine (C=N–C) groups is 1. The molecule has 1 saturated heterocycles. The van der Waals surface area contributed by atoms with Crippen molar-refractivity contribution < 1.29 is 13.2 Å². The van der Waals surface area contributed by atoms with Crippen LogP contribution in [0.2, 0.25) is 0 Å². The third-order valence-electron chi connectivity index (χ3n) is 5.07. The van der Waals surface area contributed by atoms with Crippen molar-refractivity contribution in [3.63, 3.8) is 0 Å². The van der Waals surface area contributed by atoms with Gasteiger partial charge in [0, 0.05) is 44.7 Å². The van der Waals surface area contributed by atoms with Crippen LogP contribution < -0.4 is 10.6 Å². The van der Waals surface area contributed by atoms with Crippen molar-refractivity contribution in [1.82, 2.24) is 15.5 Å². The van der Waals surface area contributed by atoms with E-state index in [1.54, 1.807) is 0 Å². The van der Waals surface area contributed by atoms with Gasteiger partial charge in [-0.15, -0.1) is 24.0 Å². The summed E-state index contributed by atoms with van der Waals surface area (Å²) in [6.45, 7) is 7.36. The van der Waals surface area contributed by atoms with Crippen LogP contribution in [0, 0.1) is 0 Å². The molecule has 4 nitrogen and oxygen atoms in total. The maximum atomic E-state index is 12.2. The molecular formula is C21H34F3IN4. The Hall–Kier alpha value is -1.03. The van der Waals surface area contributed by atoms with Crippen LogP contribution in [0.25, 0.3) is 0 Å². The molecule has 1 heterocycles. The number of nitrogens with zero attached hydrogens (tertiary/aromatic N) is 2. The van der Waals surface area contributed by atoms with Crippen LogP contribution in [0.1, 0.15) is 51.5 Å². The molecule has 1 aromatic rings. The highest BCUT2D eigenvalue weighted by molar-refractivity contribution is 14.0. The average molecular weight is 526 g/mol. The summed E-state index contributed by atoms with van der Waals surface area (Å²) in [6.07, 6.45) is -2.19. The standard InChI is InChI=1S/C21H33F3N4.HI/c1-3-25-20(26-13-8-7-12-21(22,23)24)27-19-11-14-28(17(2)15-19)16-18-9-5-4-6-10-18;/h4-6,9-10,17,19H,3,7-8,11-16H2,1-2H3,(H2,25,26,27);1H. The minimum atomic E-state index is -4.07. The molecule has 29 heavy (non-hydrogen) atoms. The first kappa shape index (κ1) is 26.0. The van der Waals surface area contributed by atoms with Crippen LogP contribution in [-0.4, -0.2) is 48.8 Å². The zero-order chi connectivity index (χ0) is 20.4. The van der Waals surface area contributed by atoms with E-state index in [-0.39, 0.29) is 30.4 Å². The predicted octanol–water partition coefficient (Wildman–Crippen LogP) is 4.95. The zero-order valence-corrected chi connectivity index (χ0v) is 19.7. The second-order valence-electron chi connectivity index (χ2n) is 7.50. The molecule has 1 aliphatic heterocycles. The van der Waals surface area contributed by atoms with Gasteiger partial charge < -0.3 is 10.6 Å². The van der Waals surface area contributed by atoms with E-state index in [1.807, 2.05) is 13.0 Å². The molecule has 2 unspecified atom stereocenters. The highest BCUT2D eigenvalue weighted by Crippen LogP contribution is 2.22. The van der Waals surface area contributed by atoms with Crippen molar-refractivity contribution in [2.24, 2.45) is 4.99 Å². The molecule has 0 bridgehead atoms. The number of hydrogen-bond acceptors (Lipinski definition) is 2. The summed E-state index contributed by atoms with van der Waals surface area (Å²) >= 11 is 0. The molecule has 1 fully saturated rings. The first-order valence-corrected chi connectivity index (χ1v) is 10.3.